The summed E-state index contributed by atoms with van der Waals surface area (Å²) in [5.41, 5.74) is 2.66. The summed E-state index contributed by atoms with van der Waals surface area (Å²) < 4.78 is 0. The van der Waals surface area contributed by atoms with Gasteiger partial charge < -0.3 is 0 Å². The van der Waals surface area contributed by atoms with Gasteiger partial charge in [0, 0.05) is 25.5 Å². The first-order chi connectivity index (χ1) is 10.9. The van der Waals surface area contributed by atoms with Crippen molar-refractivity contribution in [3.05, 3.63) is 71.8 Å². The van der Waals surface area contributed by atoms with Gasteiger partial charge in [0.1, 0.15) is 0 Å². The standard InChI is InChI=1S/C20H29N2P/c1-16(18-12-8-6-9-13-18)21-23(20(3,4)5)22-17(2)19-14-10-7-11-15-19/h6-17,21-22H,1-5H3/t16-,17-/m0/s1. The molecule has 3 heteroatoms. The molecule has 2 atom stereocenters. The van der Waals surface area contributed by atoms with Crippen LogP contribution in [0, 0.1) is 0 Å². The van der Waals surface area contributed by atoms with Crippen LogP contribution in [0.15, 0.2) is 60.7 Å². The predicted molar refractivity (Wildman–Crippen MR) is 103 cm³/mol. The van der Waals surface area contributed by atoms with Gasteiger partial charge in [-0.1, -0.05) is 81.4 Å². The van der Waals surface area contributed by atoms with Crippen molar-refractivity contribution in [3.8, 4) is 0 Å². The Hall–Kier alpha value is -1.21. The lowest BCUT2D eigenvalue weighted by molar-refractivity contribution is 0.649. The molecule has 0 aliphatic carbocycles. The van der Waals surface area contributed by atoms with Crippen molar-refractivity contribution >= 4 is 8.22 Å². The summed E-state index contributed by atoms with van der Waals surface area (Å²) in [4.78, 5) is 0. The number of hydrogen-bond acceptors (Lipinski definition) is 2. The minimum atomic E-state index is -0.528. The highest BCUT2D eigenvalue weighted by Gasteiger charge is 2.27. The summed E-state index contributed by atoms with van der Waals surface area (Å²) >= 11 is 0. The molecule has 2 rings (SSSR count). The highest BCUT2D eigenvalue weighted by atomic mass is 31.1. The second-order valence-corrected chi connectivity index (χ2v) is 9.56. The molecule has 0 unspecified atom stereocenters. The van der Waals surface area contributed by atoms with Crippen LogP contribution in [-0.2, 0) is 0 Å². The topological polar surface area (TPSA) is 24.1 Å². The Kier molecular flexibility index (Phi) is 6.35. The Morgan fingerprint density at radius 2 is 1.04 bits per heavy atom. The van der Waals surface area contributed by atoms with Crippen molar-refractivity contribution < 1.29 is 0 Å². The van der Waals surface area contributed by atoms with Crippen LogP contribution in [0.3, 0.4) is 0 Å². The molecule has 0 aliphatic rings. The van der Waals surface area contributed by atoms with Gasteiger partial charge in [-0.2, -0.15) is 0 Å². The van der Waals surface area contributed by atoms with E-state index < -0.39 is 8.22 Å². The molecule has 0 amide bonds. The van der Waals surface area contributed by atoms with Crippen LogP contribution in [0.1, 0.15) is 57.8 Å². The zero-order valence-electron chi connectivity index (χ0n) is 14.9. The summed E-state index contributed by atoms with van der Waals surface area (Å²) in [7, 11) is -0.528. The SMILES string of the molecule is C[C@H](NP(N[C@@H](C)c1ccccc1)C(C)(C)C)c1ccccc1. The first-order valence-electron chi connectivity index (χ1n) is 8.30. The maximum Gasteiger partial charge on any atom is 0.0405 e. The quantitative estimate of drug-likeness (QED) is 0.655. The van der Waals surface area contributed by atoms with Gasteiger partial charge in [-0.05, 0) is 25.0 Å². The molecule has 0 fully saturated rings. The fraction of sp³-hybridized carbons (Fsp3) is 0.400. The summed E-state index contributed by atoms with van der Waals surface area (Å²) in [6, 6.07) is 22.0. The molecule has 2 nitrogen and oxygen atoms in total. The third-order valence-electron chi connectivity index (χ3n) is 3.92. The third kappa shape index (κ3) is 5.42. The van der Waals surface area contributed by atoms with Gasteiger partial charge in [-0.15, -0.1) is 0 Å². The molecule has 0 aliphatic heterocycles. The van der Waals surface area contributed by atoms with Crippen LogP contribution in [-0.4, -0.2) is 5.16 Å². The average molecular weight is 328 g/mol. The molecule has 2 aromatic rings. The molecule has 0 saturated heterocycles. The van der Waals surface area contributed by atoms with Crippen molar-refractivity contribution in [1.82, 2.24) is 10.2 Å². The van der Waals surface area contributed by atoms with E-state index in [1.54, 1.807) is 0 Å². The lowest BCUT2D eigenvalue weighted by atomic mass is 10.1. The minimum Gasteiger partial charge on any atom is -0.276 e. The summed E-state index contributed by atoms with van der Waals surface area (Å²) in [6.07, 6.45) is 0. The molecular formula is C20H29N2P. The molecule has 0 saturated carbocycles. The maximum atomic E-state index is 3.83. The van der Waals surface area contributed by atoms with E-state index in [0.29, 0.717) is 12.1 Å². The highest BCUT2D eigenvalue weighted by molar-refractivity contribution is 7.55. The lowest BCUT2D eigenvalue weighted by Gasteiger charge is -2.36. The highest BCUT2D eigenvalue weighted by Crippen LogP contribution is 2.46. The van der Waals surface area contributed by atoms with E-state index in [-0.39, 0.29) is 5.16 Å². The van der Waals surface area contributed by atoms with Crippen LogP contribution in [0.25, 0.3) is 0 Å². The van der Waals surface area contributed by atoms with Gasteiger partial charge in [0.05, 0.1) is 0 Å². The van der Waals surface area contributed by atoms with E-state index >= 15 is 0 Å². The number of hydrogen-bond donors (Lipinski definition) is 2. The van der Waals surface area contributed by atoms with E-state index in [4.69, 9.17) is 0 Å². The van der Waals surface area contributed by atoms with Crippen LogP contribution in [0.5, 0.6) is 0 Å². The summed E-state index contributed by atoms with van der Waals surface area (Å²) in [6.45, 7) is 11.4. The lowest BCUT2D eigenvalue weighted by Crippen LogP contribution is -2.33. The van der Waals surface area contributed by atoms with E-state index in [2.05, 4.69) is 105 Å². The van der Waals surface area contributed by atoms with Crippen LogP contribution < -0.4 is 10.2 Å². The van der Waals surface area contributed by atoms with E-state index in [0.717, 1.165) is 0 Å². The van der Waals surface area contributed by atoms with Gasteiger partial charge in [-0.3, -0.25) is 10.2 Å². The van der Waals surface area contributed by atoms with Crippen LogP contribution in [0.2, 0.25) is 0 Å². The van der Waals surface area contributed by atoms with Gasteiger partial charge in [0.2, 0.25) is 0 Å². The van der Waals surface area contributed by atoms with Gasteiger partial charge in [-0.25, -0.2) is 0 Å². The van der Waals surface area contributed by atoms with Crippen molar-refractivity contribution in [1.29, 1.82) is 0 Å². The van der Waals surface area contributed by atoms with Crippen LogP contribution in [0.4, 0.5) is 0 Å². The normalized spacial score (nSPS) is 14.7. The van der Waals surface area contributed by atoms with E-state index in [1.165, 1.54) is 11.1 Å². The first kappa shape index (κ1) is 18.1. The monoisotopic (exact) mass is 328 g/mol. The molecule has 0 spiro atoms. The van der Waals surface area contributed by atoms with E-state index in [1.807, 2.05) is 0 Å². The Labute approximate surface area is 142 Å². The van der Waals surface area contributed by atoms with Gasteiger partial charge in [0.25, 0.3) is 0 Å². The predicted octanol–water partition coefficient (Wildman–Crippen LogP) is 5.80. The molecule has 0 radical (unpaired) electrons. The fourth-order valence-corrected chi connectivity index (χ4v) is 4.37. The van der Waals surface area contributed by atoms with Crippen molar-refractivity contribution in [2.45, 2.75) is 51.9 Å². The van der Waals surface area contributed by atoms with Crippen molar-refractivity contribution in [2.24, 2.45) is 0 Å². The molecule has 2 N–H and O–H groups in total. The largest absolute Gasteiger partial charge is 0.276 e. The van der Waals surface area contributed by atoms with E-state index in [9.17, 15) is 0 Å². The first-order valence-corrected chi connectivity index (χ1v) is 9.64. The molecule has 124 valence electrons. The molecule has 23 heavy (non-hydrogen) atoms. The zero-order valence-corrected chi connectivity index (χ0v) is 15.8. The number of nitrogens with one attached hydrogen (secondary N) is 2. The summed E-state index contributed by atoms with van der Waals surface area (Å²) in [5, 5.41) is 7.84. The molecular weight excluding hydrogens is 299 g/mol. The minimum absolute atomic E-state index is 0.182. The molecule has 0 heterocycles. The van der Waals surface area contributed by atoms with Gasteiger partial charge in [0.15, 0.2) is 0 Å². The third-order valence-corrected chi connectivity index (χ3v) is 6.55. The maximum absolute atomic E-state index is 3.83. The average Bonchev–Trinajstić information content (AvgIpc) is 2.54. The number of benzene rings is 2. The summed E-state index contributed by atoms with van der Waals surface area (Å²) in [5.74, 6) is 0. The Balaban J connectivity index is 2.09. The molecule has 2 aromatic carbocycles. The Morgan fingerprint density at radius 1 is 0.696 bits per heavy atom. The Bertz CT molecular complexity index is 530. The Morgan fingerprint density at radius 3 is 1.35 bits per heavy atom. The number of rotatable bonds is 6. The second-order valence-electron chi connectivity index (χ2n) is 7.03. The second kappa shape index (κ2) is 8.06. The smallest absolute Gasteiger partial charge is 0.0405 e. The zero-order chi connectivity index (χ0) is 16.9. The molecule has 0 aromatic heterocycles. The fourth-order valence-electron chi connectivity index (χ4n) is 2.44. The van der Waals surface area contributed by atoms with Crippen molar-refractivity contribution in [2.75, 3.05) is 0 Å². The van der Waals surface area contributed by atoms with Crippen molar-refractivity contribution in [3.63, 3.8) is 0 Å². The molecule has 0 bridgehead atoms. The van der Waals surface area contributed by atoms with Crippen LogP contribution >= 0.6 is 8.22 Å². The van der Waals surface area contributed by atoms with Gasteiger partial charge >= 0.3 is 0 Å².